The molecule has 0 unspecified atom stereocenters. The van der Waals surface area contributed by atoms with Crippen LogP contribution in [0.2, 0.25) is 5.02 Å². The fourth-order valence-corrected chi connectivity index (χ4v) is 5.01. The van der Waals surface area contributed by atoms with Crippen LogP contribution in [0.3, 0.4) is 0 Å². The quantitative estimate of drug-likeness (QED) is 0.676. The molecule has 3 aliphatic rings. The zero-order valence-electron chi connectivity index (χ0n) is 18.2. The van der Waals surface area contributed by atoms with Gasteiger partial charge in [0.1, 0.15) is 5.75 Å². The van der Waals surface area contributed by atoms with Gasteiger partial charge in [-0.1, -0.05) is 30.2 Å². The smallest absolute Gasteiger partial charge is 0.254 e. The van der Waals surface area contributed by atoms with Crippen LogP contribution in [0.15, 0.2) is 36.4 Å². The third-order valence-electron chi connectivity index (χ3n) is 6.94. The van der Waals surface area contributed by atoms with Crippen molar-refractivity contribution >= 4 is 17.5 Å². The van der Waals surface area contributed by atoms with Crippen LogP contribution in [0.4, 0.5) is 0 Å². The highest BCUT2D eigenvalue weighted by Gasteiger charge is 2.42. The standard InChI is InChI=1S/C25H29ClN2O3/c1-27(2)24(29)21-8-6-18(15-22(21)26)17-7-9-23-19(14-17)16-30-25(31-23)10-12-28(13-11-25)20-4-3-5-20/h6-9,14-15,20H,3-5,10-13,16H2,1-2H3. The molecular weight excluding hydrogens is 412 g/mol. The van der Waals surface area contributed by atoms with E-state index in [1.807, 2.05) is 18.2 Å². The number of carbonyl (C=O) groups is 1. The molecular formula is C25H29ClN2O3. The molecule has 164 valence electrons. The lowest BCUT2D eigenvalue weighted by Gasteiger charge is -2.47. The Bertz CT molecular complexity index is 994. The largest absolute Gasteiger partial charge is 0.462 e. The number of hydrogen-bond acceptors (Lipinski definition) is 4. The van der Waals surface area contributed by atoms with Gasteiger partial charge in [-0.15, -0.1) is 0 Å². The lowest BCUT2D eigenvalue weighted by Crippen LogP contribution is -2.54. The summed E-state index contributed by atoms with van der Waals surface area (Å²) in [5.41, 5.74) is 3.56. The molecule has 2 heterocycles. The summed E-state index contributed by atoms with van der Waals surface area (Å²) in [6.45, 7) is 2.65. The van der Waals surface area contributed by atoms with Gasteiger partial charge in [0.2, 0.25) is 5.79 Å². The summed E-state index contributed by atoms with van der Waals surface area (Å²) in [4.78, 5) is 16.4. The number of likely N-dealkylation sites (tertiary alicyclic amines) is 1. The first-order valence-corrected chi connectivity index (χ1v) is 11.5. The fourth-order valence-electron chi connectivity index (χ4n) is 4.75. The zero-order valence-corrected chi connectivity index (χ0v) is 19.0. The van der Waals surface area contributed by atoms with Gasteiger partial charge in [-0.2, -0.15) is 0 Å². The Labute approximate surface area is 188 Å². The second kappa shape index (κ2) is 8.12. The third-order valence-corrected chi connectivity index (χ3v) is 7.25. The van der Waals surface area contributed by atoms with Crippen molar-refractivity contribution in [2.24, 2.45) is 0 Å². The van der Waals surface area contributed by atoms with E-state index in [0.717, 1.165) is 54.4 Å². The normalized spacial score (nSPS) is 20.6. The first-order chi connectivity index (χ1) is 14.9. The Morgan fingerprint density at radius 2 is 1.81 bits per heavy atom. The van der Waals surface area contributed by atoms with Crippen LogP contribution in [0.25, 0.3) is 11.1 Å². The molecule has 0 bridgehead atoms. The van der Waals surface area contributed by atoms with Crippen molar-refractivity contribution in [2.45, 2.75) is 50.5 Å². The second-order valence-corrected chi connectivity index (χ2v) is 9.55. The summed E-state index contributed by atoms with van der Waals surface area (Å²) in [6, 6.07) is 12.6. The third kappa shape index (κ3) is 3.95. The van der Waals surface area contributed by atoms with Crippen molar-refractivity contribution in [1.29, 1.82) is 0 Å². The Morgan fingerprint density at radius 1 is 1.10 bits per heavy atom. The summed E-state index contributed by atoms with van der Waals surface area (Å²) in [5, 5.41) is 0.457. The van der Waals surface area contributed by atoms with Crippen LogP contribution in [0.5, 0.6) is 5.75 Å². The number of piperidine rings is 1. The minimum atomic E-state index is -0.480. The zero-order chi connectivity index (χ0) is 21.6. The number of amides is 1. The maximum atomic E-state index is 12.2. The van der Waals surface area contributed by atoms with Gasteiger partial charge < -0.3 is 14.4 Å². The van der Waals surface area contributed by atoms with Crippen LogP contribution in [-0.4, -0.2) is 54.7 Å². The number of nitrogens with zero attached hydrogens (tertiary/aromatic N) is 2. The Hall–Kier alpha value is -2.08. The van der Waals surface area contributed by atoms with E-state index in [2.05, 4.69) is 17.0 Å². The first-order valence-electron chi connectivity index (χ1n) is 11.2. The van der Waals surface area contributed by atoms with Crippen molar-refractivity contribution in [1.82, 2.24) is 9.80 Å². The number of hydrogen-bond donors (Lipinski definition) is 0. The number of carbonyl (C=O) groups excluding carboxylic acids is 1. The Kier molecular flexibility index (Phi) is 5.45. The van der Waals surface area contributed by atoms with E-state index in [-0.39, 0.29) is 5.91 Å². The van der Waals surface area contributed by atoms with E-state index >= 15 is 0 Å². The van der Waals surface area contributed by atoms with Crippen LogP contribution >= 0.6 is 11.6 Å². The number of halogens is 1. The van der Waals surface area contributed by atoms with Crippen LogP contribution in [0.1, 0.15) is 48.0 Å². The molecule has 0 radical (unpaired) electrons. The van der Waals surface area contributed by atoms with E-state index < -0.39 is 5.79 Å². The van der Waals surface area contributed by atoms with Gasteiger partial charge in [0.15, 0.2) is 0 Å². The lowest BCUT2D eigenvalue weighted by atomic mass is 9.89. The van der Waals surface area contributed by atoms with E-state index in [4.69, 9.17) is 21.1 Å². The molecule has 1 aliphatic carbocycles. The van der Waals surface area contributed by atoms with Gasteiger partial charge >= 0.3 is 0 Å². The SMILES string of the molecule is CN(C)C(=O)c1ccc(-c2ccc3c(c2)COC2(CCN(C4CCC4)CC2)O3)cc1Cl. The average molecular weight is 441 g/mol. The molecule has 2 fully saturated rings. The average Bonchev–Trinajstić information content (AvgIpc) is 2.73. The molecule has 1 saturated carbocycles. The molecule has 2 aromatic rings. The highest BCUT2D eigenvalue weighted by atomic mass is 35.5. The summed E-state index contributed by atoms with van der Waals surface area (Å²) in [6.07, 6.45) is 5.89. The van der Waals surface area contributed by atoms with Crippen molar-refractivity contribution in [3.05, 3.63) is 52.5 Å². The van der Waals surface area contributed by atoms with Gasteiger partial charge in [-0.05, 0) is 48.2 Å². The number of benzene rings is 2. The van der Waals surface area contributed by atoms with Crippen LogP contribution in [-0.2, 0) is 11.3 Å². The molecule has 1 saturated heterocycles. The molecule has 1 spiro atoms. The summed E-state index contributed by atoms with van der Waals surface area (Å²) < 4.78 is 12.7. The lowest BCUT2D eigenvalue weighted by molar-refractivity contribution is -0.231. The molecule has 31 heavy (non-hydrogen) atoms. The monoisotopic (exact) mass is 440 g/mol. The van der Waals surface area contributed by atoms with Gasteiger partial charge in [-0.25, -0.2) is 0 Å². The number of ether oxygens (including phenoxy) is 2. The predicted octanol–water partition coefficient (Wildman–Crippen LogP) is 4.96. The molecule has 0 N–H and O–H groups in total. The predicted molar refractivity (Wildman–Crippen MR) is 121 cm³/mol. The Morgan fingerprint density at radius 3 is 2.45 bits per heavy atom. The molecule has 0 atom stereocenters. The second-order valence-electron chi connectivity index (χ2n) is 9.14. The van der Waals surface area contributed by atoms with E-state index in [1.165, 1.54) is 24.2 Å². The molecule has 2 aromatic carbocycles. The van der Waals surface area contributed by atoms with Crippen molar-refractivity contribution in [2.75, 3.05) is 27.2 Å². The van der Waals surface area contributed by atoms with Gasteiger partial charge in [-0.3, -0.25) is 9.69 Å². The van der Waals surface area contributed by atoms with Gasteiger partial charge in [0, 0.05) is 51.6 Å². The number of fused-ring (bicyclic) bond motifs is 1. The first kappa shape index (κ1) is 20.8. The molecule has 2 aliphatic heterocycles. The Balaban J connectivity index is 1.31. The maximum Gasteiger partial charge on any atom is 0.254 e. The van der Waals surface area contributed by atoms with Crippen LogP contribution in [0, 0.1) is 0 Å². The molecule has 1 amide bonds. The molecule has 0 aromatic heterocycles. The molecule has 6 heteroatoms. The minimum absolute atomic E-state index is 0.0996. The number of rotatable bonds is 3. The highest BCUT2D eigenvalue weighted by Crippen LogP contribution is 2.40. The van der Waals surface area contributed by atoms with E-state index in [1.54, 1.807) is 20.2 Å². The van der Waals surface area contributed by atoms with Crippen molar-refractivity contribution in [3.63, 3.8) is 0 Å². The molecule has 5 nitrogen and oxygen atoms in total. The van der Waals surface area contributed by atoms with Crippen molar-refractivity contribution in [3.8, 4) is 16.9 Å². The van der Waals surface area contributed by atoms with E-state index in [0.29, 0.717) is 17.2 Å². The van der Waals surface area contributed by atoms with Gasteiger partial charge in [0.05, 0.1) is 17.2 Å². The summed E-state index contributed by atoms with van der Waals surface area (Å²) >= 11 is 6.41. The van der Waals surface area contributed by atoms with Crippen molar-refractivity contribution < 1.29 is 14.3 Å². The van der Waals surface area contributed by atoms with Gasteiger partial charge in [0.25, 0.3) is 5.91 Å². The maximum absolute atomic E-state index is 12.2. The van der Waals surface area contributed by atoms with Crippen LogP contribution < -0.4 is 4.74 Å². The minimum Gasteiger partial charge on any atom is -0.462 e. The summed E-state index contributed by atoms with van der Waals surface area (Å²) in [5.74, 6) is 0.335. The molecule has 5 rings (SSSR count). The van der Waals surface area contributed by atoms with E-state index in [9.17, 15) is 4.79 Å². The fraction of sp³-hybridized carbons (Fsp3) is 0.480. The highest BCUT2D eigenvalue weighted by molar-refractivity contribution is 6.34. The summed E-state index contributed by atoms with van der Waals surface area (Å²) in [7, 11) is 3.44. The topological polar surface area (TPSA) is 42.0 Å².